The zero-order valence-electron chi connectivity index (χ0n) is 11.5. The van der Waals surface area contributed by atoms with Crippen LogP contribution in [-0.2, 0) is 4.79 Å². The molecule has 2 aliphatic heterocycles. The van der Waals surface area contributed by atoms with Crippen molar-refractivity contribution in [1.82, 2.24) is 10.2 Å². The van der Waals surface area contributed by atoms with Crippen molar-refractivity contribution in [3.05, 3.63) is 0 Å². The number of nitrogens with zero attached hydrogens (tertiary/aromatic N) is 1. The van der Waals surface area contributed by atoms with Gasteiger partial charge in [-0.3, -0.25) is 4.79 Å². The molecule has 2 aliphatic rings. The van der Waals surface area contributed by atoms with Crippen molar-refractivity contribution < 1.29 is 4.79 Å². The lowest BCUT2D eigenvalue weighted by Gasteiger charge is -2.27. The topological polar surface area (TPSA) is 32.3 Å². The molecule has 0 bridgehead atoms. The maximum atomic E-state index is 12.2. The van der Waals surface area contributed by atoms with E-state index in [-0.39, 0.29) is 0 Å². The van der Waals surface area contributed by atoms with Gasteiger partial charge in [0.1, 0.15) is 0 Å². The molecule has 3 heteroatoms. The van der Waals surface area contributed by atoms with Gasteiger partial charge in [0.25, 0.3) is 0 Å². The van der Waals surface area contributed by atoms with Crippen LogP contribution in [0, 0.1) is 11.3 Å². The predicted molar refractivity (Wildman–Crippen MR) is 69.8 cm³/mol. The number of carbonyl (C=O) groups excluding carboxylic acids is 1. The third kappa shape index (κ3) is 3.21. The van der Waals surface area contributed by atoms with Crippen LogP contribution >= 0.6 is 0 Å². The molecule has 1 N–H and O–H groups in total. The fourth-order valence-corrected chi connectivity index (χ4v) is 2.96. The molecule has 0 aromatic carbocycles. The van der Waals surface area contributed by atoms with E-state index in [2.05, 4.69) is 31.0 Å². The number of hydrogen-bond donors (Lipinski definition) is 1. The van der Waals surface area contributed by atoms with Crippen molar-refractivity contribution in [2.75, 3.05) is 19.6 Å². The highest BCUT2D eigenvalue weighted by molar-refractivity contribution is 5.77. The average molecular weight is 238 g/mol. The van der Waals surface area contributed by atoms with E-state index in [1.807, 2.05) is 0 Å². The molecule has 2 heterocycles. The summed E-state index contributed by atoms with van der Waals surface area (Å²) in [4.78, 5) is 14.2. The Hall–Kier alpha value is -0.570. The molecular formula is C14H26N2O. The molecule has 0 saturated carbocycles. The minimum absolute atomic E-state index is 0.334. The average Bonchev–Trinajstić information content (AvgIpc) is 2.85. The molecule has 0 aromatic rings. The Labute approximate surface area is 105 Å². The first-order valence-corrected chi connectivity index (χ1v) is 6.98. The van der Waals surface area contributed by atoms with E-state index in [9.17, 15) is 4.79 Å². The Bertz CT molecular complexity index is 276. The van der Waals surface area contributed by atoms with Gasteiger partial charge >= 0.3 is 0 Å². The normalized spacial score (nSPS) is 29.9. The van der Waals surface area contributed by atoms with E-state index in [4.69, 9.17) is 0 Å². The van der Waals surface area contributed by atoms with Crippen molar-refractivity contribution >= 4 is 5.91 Å². The number of amides is 1. The Morgan fingerprint density at radius 3 is 2.65 bits per heavy atom. The highest BCUT2D eigenvalue weighted by Gasteiger charge is 2.34. The Morgan fingerprint density at radius 1 is 1.35 bits per heavy atom. The van der Waals surface area contributed by atoms with Crippen molar-refractivity contribution in [2.24, 2.45) is 11.3 Å². The van der Waals surface area contributed by atoms with Crippen molar-refractivity contribution in [2.45, 2.75) is 52.5 Å². The summed E-state index contributed by atoms with van der Waals surface area (Å²) in [6.45, 7) is 9.86. The Balaban J connectivity index is 1.81. The summed E-state index contributed by atoms with van der Waals surface area (Å²) in [7, 11) is 0. The van der Waals surface area contributed by atoms with Crippen LogP contribution in [0.25, 0.3) is 0 Å². The first-order chi connectivity index (χ1) is 7.97. The molecule has 17 heavy (non-hydrogen) atoms. The molecule has 2 saturated heterocycles. The van der Waals surface area contributed by atoms with Gasteiger partial charge in [-0.2, -0.15) is 0 Å². The summed E-state index contributed by atoms with van der Waals surface area (Å²) in [6.07, 6.45) is 4.27. The second-order valence-electron chi connectivity index (χ2n) is 6.69. The van der Waals surface area contributed by atoms with Crippen LogP contribution in [0.4, 0.5) is 0 Å². The first-order valence-electron chi connectivity index (χ1n) is 6.98. The fourth-order valence-electron chi connectivity index (χ4n) is 2.96. The standard InChI is InChI=1S/C14H26N2O/c1-14(2,3)11-6-8-16(10-11)13(17)9-12-5-4-7-15-12/h11-12,15H,4-10H2,1-3H3. The SMILES string of the molecule is CC(C)(C)C1CCN(C(=O)CC2CCCN2)C1. The molecule has 1 amide bonds. The molecule has 0 aliphatic carbocycles. The molecule has 98 valence electrons. The fraction of sp³-hybridized carbons (Fsp3) is 0.929. The van der Waals surface area contributed by atoms with E-state index in [0.717, 1.165) is 19.6 Å². The van der Waals surface area contributed by atoms with Gasteiger partial charge in [0.05, 0.1) is 0 Å². The molecule has 2 unspecified atom stereocenters. The molecule has 3 nitrogen and oxygen atoms in total. The first kappa shape index (κ1) is 12.9. The zero-order valence-corrected chi connectivity index (χ0v) is 11.5. The van der Waals surface area contributed by atoms with E-state index < -0.39 is 0 Å². The molecule has 0 spiro atoms. The molecule has 2 atom stereocenters. The maximum absolute atomic E-state index is 12.2. The largest absolute Gasteiger partial charge is 0.342 e. The number of rotatable bonds is 2. The minimum atomic E-state index is 0.334. The van der Waals surface area contributed by atoms with E-state index >= 15 is 0 Å². The number of nitrogens with one attached hydrogen (secondary N) is 1. The molecule has 2 fully saturated rings. The van der Waals surface area contributed by atoms with Crippen LogP contribution in [0.15, 0.2) is 0 Å². The maximum Gasteiger partial charge on any atom is 0.224 e. The van der Waals surface area contributed by atoms with E-state index in [0.29, 0.717) is 29.7 Å². The van der Waals surface area contributed by atoms with Crippen LogP contribution < -0.4 is 5.32 Å². The van der Waals surface area contributed by atoms with E-state index in [1.165, 1.54) is 19.3 Å². The van der Waals surface area contributed by atoms with Gasteiger partial charge in [0, 0.05) is 25.6 Å². The third-order valence-corrected chi connectivity index (χ3v) is 4.35. The lowest BCUT2D eigenvalue weighted by atomic mass is 9.80. The van der Waals surface area contributed by atoms with Crippen LogP contribution in [0.2, 0.25) is 0 Å². The van der Waals surface area contributed by atoms with E-state index in [1.54, 1.807) is 0 Å². The summed E-state index contributed by atoms with van der Waals surface area (Å²) in [5.74, 6) is 1.03. The monoisotopic (exact) mass is 238 g/mol. The summed E-state index contributed by atoms with van der Waals surface area (Å²) >= 11 is 0. The van der Waals surface area contributed by atoms with Gasteiger partial charge in [-0.05, 0) is 37.1 Å². The highest BCUT2D eigenvalue weighted by atomic mass is 16.2. The molecule has 0 radical (unpaired) electrons. The van der Waals surface area contributed by atoms with Crippen LogP contribution in [0.5, 0.6) is 0 Å². The zero-order chi connectivity index (χ0) is 12.5. The van der Waals surface area contributed by atoms with Crippen LogP contribution in [0.1, 0.15) is 46.5 Å². The van der Waals surface area contributed by atoms with Gasteiger partial charge < -0.3 is 10.2 Å². The quantitative estimate of drug-likeness (QED) is 0.798. The van der Waals surface area contributed by atoms with Crippen molar-refractivity contribution in [3.8, 4) is 0 Å². The van der Waals surface area contributed by atoms with Gasteiger partial charge in [0.15, 0.2) is 0 Å². The van der Waals surface area contributed by atoms with Gasteiger partial charge in [-0.1, -0.05) is 20.8 Å². The summed E-state index contributed by atoms with van der Waals surface area (Å²) in [5.41, 5.74) is 0.334. The Kier molecular flexibility index (Phi) is 3.76. The molecule has 2 rings (SSSR count). The van der Waals surface area contributed by atoms with Crippen molar-refractivity contribution in [1.29, 1.82) is 0 Å². The smallest absolute Gasteiger partial charge is 0.224 e. The Morgan fingerprint density at radius 2 is 2.12 bits per heavy atom. The van der Waals surface area contributed by atoms with Crippen LogP contribution in [0.3, 0.4) is 0 Å². The second kappa shape index (κ2) is 4.97. The summed E-state index contributed by atoms with van der Waals surface area (Å²) in [6, 6.07) is 0.441. The highest BCUT2D eigenvalue weighted by Crippen LogP contribution is 2.33. The summed E-state index contributed by atoms with van der Waals surface area (Å²) < 4.78 is 0. The number of carbonyl (C=O) groups is 1. The minimum Gasteiger partial charge on any atom is -0.342 e. The summed E-state index contributed by atoms with van der Waals surface area (Å²) in [5, 5.41) is 3.40. The van der Waals surface area contributed by atoms with Crippen molar-refractivity contribution in [3.63, 3.8) is 0 Å². The third-order valence-electron chi connectivity index (χ3n) is 4.35. The molecule has 0 aromatic heterocycles. The second-order valence-corrected chi connectivity index (χ2v) is 6.69. The molecular weight excluding hydrogens is 212 g/mol. The lowest BCUT2D eigenvalue weighted by Crippen LogP contribution is -2.35. The predicted octanol–water partition coefficient (Wildman–Crippen LogP) is 2.02. The van der Waals surface area contributed by atoms with Gasteiger partial charge in [0.2, 0.25) is 5.91 Å². The lowest BCUT2D eigenvalue weighted by molar-refractivity contribution is -0.130. The number of likely N-dealkylation sites (tertiary alicyclic amines) is 1. The van der Waals surface area contributed by atoms with Gasteiger partial charge in [-0.15, -0.1) is 0 Å². The van der Waals surface area contributed by atoms with Crippen LogP contribution in [-0.4, -0.2) is 36.5 Å². The number of hydrogen-bond acceptors (Lipinski definition) is 2. The van der Waals surface area contributed by atoms with Gasteiger partial charge in [-0.25, -0.2) is 0 Å².